The zero-order valence-electron chi connectivity index (χ0n) is 21.7. The highest BCUT2D eigenvalue weighted by atomic mass is 32.2. The quantitative estimate of drug-likeness (QED) is 0.314. The second-order valence-electron chi connectivity index (χ2n) is 9.35. The molecule has 0 bridgehead atoms. The number of rotatable bonds is 9. The van der Waals surface area contributed by atoms with E-state index in [1.165, 1.54) is 23.6 Å². The minimum atomic E-state index is -1.16. The molecule has 2 saturated heterocycles. The number of amides is 2. The van der Waals surface area contributed by atoms with E-state index in [9.17, 15) is 19.2 Å². The fraction of sp³-hybridized carbons (Fsp3) is 0.267. The summed E-state index contributed by atoms with van der Waals surface area (Å²) in [6, 6.07) is 25.4. The Morgan fingerprint density at radius 2 is 1.50 bits per heavy atom. The number of hydrogen-bond acceptors (Lipinski definition) is 8. The van der Waals surface area contributed by atoms with E-state index in [4.69, 9.17) is 14.2 Å². The van der Waals surface area contributed by atoms with Gasteiger partial charge in [0.15, 0.2) is 18.8 Å². The maximum Gasteiger partial charge on any atom is 0.333 e. The number of nitrogens with one attached hydrogen (secondary N) is 1. The Bertz CT molecular complexity index is 1320. The Morgan fingerprint density at radius 1 is 0.925 bits per heavy atom. The van der Waals surface area contributed by atoms with Crippen LogP contribution in [0.15, 0.2) is 91.0 Å². The molecule has 0 saturated carbocycles. The molecule has 2 aliphatic rings. The lowest BCUT2D eigenvalue weighted by atomic mass is 9.98. The fourth-order valence-corrected chi connectivity index (χ4v) is 6.19. The van der Waals surface area contributed by atoms with Crippen molar-refractivity contribution >= 4 is 35.5 Å². The predicted octanol–water partition coefficient (Wildman–Crippen LogP) is 3.10. The van der Waals surface area contributed by atoms with Crippen molar-refractivity contribution in [2.75, 3.05) is 12.4 Å². The van der Waals surface area contributed by atoms with Gasteiger partial charge in [-0.3, -0.25) is 14.4 Å². The first-order valence-electron chi connectivity index (χ1n) is 12.8. The fourth-order valence-electron chi connectivity index (χ4n) is 4.78. The van der Waals surface area contributed by atoms with E-state index in [0.29, 0.717) is 5.75 Å². The maximum absolute atomic E-state index is 13.7. The minimum absolute atomic E-state index is 0.252. The Balaban J connectivity index is 1.32. The van der Waals surface area contributed by atoms with Gasteiger partial charge in [0.05, 0.1) is 0 Å². The van der Waals surface area contributed by atoms with E-state index in [0.717, 1.165) is 11.1 Å². The van der Waals surface area contributed by atoms with Crippen LogP contribution >= 0.6 is 11.8 Å². The Hall–Kier alpha value is -4.31. The predicted molar refractivity (Wildman–Crippen MR) is 147 cm³/mol. The normalized spacial score (nSPS) is 21.6. The van der Waals surface area contributed by atoms with Crippen molar-refractivity contribution in [2.24, 2.45) is 0 Å². The summed E-state index contributed by atoms with van der Waals surface area (Å²) in [5.74, 6) is -1.40. The molecule has 0 spiro atoms. The van der Waals surface area contributed by atoms with Gasteiger partial charge in [-0.15, -0.1) is 11.8 Å². The van der Waals surface area contributed by atoms with E-state index in [1.807, 2.05) is 66.7 Å². The van der Waals surface area contributed by atoms with Crippen molar-refractivity contribution in [3.8, 4) is 5.75 Å². The molecular formula is C30H28N2O7S. The zero-order chi connectivity index (χ0) is 28.1. The number of β-lactam (4-membered cyclic amide) rings is 1. The number of hydrogen-bond donors (Lipinski definition) is 1. The van der Waals surface area contributed by atoms with E-state index in [1.54, 1.807) is 24.3 Å². The summed E-state index contributed by atoms with van der Waals surface area (Å²) < 4.78 is 17.0. The number of carbonyl (C=O) groups is 4. The summed E-state index contributed by atoms with van der Waals surface area (Å²) >= 11 is 1.33. The van der Waals surface area contributed by atoms with E-state index < -0.39 is 53.4 Å². The van der Waals surface area contributed by atoms with Gasteiger partial charge in [-0.25, -0.2) is 4.79 Å². The molecule has 3 aromatic rings. The van der Waals surface area contributed by atoms with Crippen molar-refractivity contribution < 1.29 is 33.4 Å². The van der Waals surface area contributed by atoms with Crippen LogP contribution in [0.1, 0.15) is 24.2 Å². The lowest BCUT2D eigenvalue weighted by Gasteiger charge is -2.54. The average molecular weight is 561 g/mol. The first-order chi connectivity index (χ1) is 19.4. The lowest BCUT2D eigenvalue weighted by molar-refractivity contribution is -0.178. The van der Waals surface area contributed by atoms with Gasteiger partial charge in [0.2, 0.25) is 5.91 Å². The van der Waals surface area contributed by atoms with Crippen LogP contribution in [0, 0.1) is 0 Å². The van der Waals surface area contributed by atoms with Crippen LogP contribution in [-0.4, -0.2) is 64.6 Å². The third-order valence-corrected chi connectivity index (χ3v) is 7.95. The lowest BCUT2D eigenvalue weighted by Crippen LogP contribution is -2.77. The smallest absolute Gasteiger partial charge is 0.333 e. The molecule has 2 aliphatic heterocycles. The Labute approximate surface area is 235 Å². The van der Waals surface area contributed by atoms with Crippen LogP contribution in [0.2, 0.25) is 0 Å². The number of benzene rings is 3. The SMILES string of the molecule is CC(=O)OC1CS[C@H]2[C@H](NC(=O)COc3ccccc3)C(=O)N2[C@H]1C(=O)OC(c1ccccc1)c1ccccc1. The van der Waals surface area contributed by atoms with Crippen molar-refractivity contribution in [1.29, 1.82) is 0 Å². The van der Waals surface area contributed by atoms with Crippen LogP contribution < -0.4 is 10.1 Å². The van der Waals surface area contributed by atoms with Crippen LogP contribution in [0.5, 0.6) is 5.75 Å². The molecule has 0 radical (unpaired) electrons. The average Bonchev–Trinajstić information content (AvgIpc) is 2.98. The van der Waals surface area contributed by atoms with Gasteiger partial charge in [0, 0.05) is 12.7 Å². The molecule has 10 heteroatoms. The second-order valence-corrected chi connectivity index (χ2v) is 10.5. The highest BCUT2D eigenvalue weighted by molar-refractivity contribution is 8.00. The van der Waals surface area contributed by atoms with Crippen LogP contribution in [0.25, 0.3) is 0 Å². The van der Waals surface area contributed by atoms with Gasteiger partial charge >= 0.3 is 11.9 Å². The summed E-state index contributed by atoms with van der Waals surface area (Å²) in [5.41, 5.74) is 1.51. The van der Waals surface area contributed by atoms with Gasteiger partial charge in [0.1, 0.15) is 23.3 Å². The summed E-state index contributed by atoms with van der Waals surface area (Å²) in [6.07, 6.45) is -1.64. The van der Waals surface area contributed by atoms with E-state index in [-0.39, 0.29) is 12.4 Å². The van der Waals surface area contributed by atoms with Crippen molar-refractivity contribution in [3.63, 3.8) is 0 Å². The monoisotopic (exact) mass is 560 g/mol. The molecule has 5 rings (SSSR count). The molecule has 2 amide bonds. The van der Waals surface area contributed by atoms with Gasteiger partial charge in [-0.2, -0.15) is 0 Å². The molecule has 206 valence electrons. The molecule has 2 heterocycles. The van der Waals surface area contributed by atoms with E-state index >= 15 is 0 Å². The molecule has 40 heavy (non-hydrogen) atoms. The second kappa shape index (κ2) is 12.3. The Kier molecular flexibility index (Phi) is 8.35. The summed E-state index contributed by atoms with van der Waals surface area (Å²) in [4.78, 5) is 52.8. The number of carbonyl (C=O) groups excluding carboxylic acids is 4. The standard InChI is InChI=1S/C30H28N2O7S/c1-19(33)38-23-18-40-29-25(31-24(34)17-37-22-15-9-4-10-16-22)28(35)32(29)26(23)30(36)39-27(20-11-5-2-6-12-20)21-13-7-3-8-14-21/h2-16,23,25-27,29H,17-18H2,1H3,(H,31,34)/t23?,25-,26-,29+/m1/s1. The largest absolute Gasteiger partial charge is 0.484 e. The van der Waals surface area contributed by atoms with Crippen molar-refractivity contribution in [1.82, 2.24) is 10.2 Å². The summed E-state index contributed by atoms with van der Waals surface area (Å²) in [7, 11) is 0. The molecule has 0 aliphatic carbocycles. The van der Waals surface area contributed by atoms with Gasteiger partial charge in [-0.05, 0) is 23.3 Å². The number of ether oxygens (including phenoxy) is 3. The molecular weight excluding hydrogens is 532 g/mol. The minimum Gasteiger partial charge on any atom is -0.484 e. The Morgan fingerprint density at radius 3 is 2.08 bits per heavy atom. The number of para-hydroxylation sites is 1. The van der Waals surface area contributed by atoms with Crippen LogP contribution in [0.3, 0.4) is 0 Å². The number of esters is 2. The van der Waals surface area contributed by atoms with Gasteiger partial charge < -0.3 is 24.4 Å². The van der Waals surface area contributed by atoms with Crippen LogP contribution in [-0.2, 0) is 28.7 Å². The molecule has 4 atom stereocenters. The van der Waals surface area contributed by atoms with Crippen molar-refractivity contribution in [3.05, 3.63) is 102 Å². The first kappa shape index (κ1) is 27.3. The number of fused-ring (bicyclic) bond motifs is 1. The maximum atomic E-state index is 13.7. The molecule has 3 aromatic carbocycles. The third-order valence-electron chi connectivity index (χ3n) is 6.59. The summed E-state index contributed by atoms with van der Waals surface area (Å²) in [6.45, 7) is 0.992. The molecule has 2 fully saturated rings. The third kappa shape index (κ3) is 5.96. The molecule has 9 nitrogen and oxygen atoms in total. The topological polar surface area (TPSA) is 111 Å². The van der Waals surface area contributed by atoms with Crippen molar-refractivity contribution in [2.45, 2.75) is 36.6 Å². The zero-order valence-corrected chi connectivity index (χ0v) is 22.5. The van der Waals surface area contributed by atoms with Gasteiger partial charge in [-0.1, -0.05) is 78.9 Å². The van der Waals surface area contributed by atoms with Gasteiger partial charge in [0.25, 0.3) is 5.91 Å². The first-order valence-corrected chi connectivity index (χ1v) is 13.9. The van der Waals surface area contributed by atoms with Crippen LogP contribution in [0.4, 0.5) is 0 Å². The highest BCUT2D eigenvalue weighted by Crippen LogP contribution is 2.40. The molecule has 1 unspecified atom stereocenters. The molecule has 0 aromatic heterocycles. The molecule has 1 N–H and O–H groups in total. The number of thioether (sulfide) groups is 1. The summed E-state index contributed by atoms with van der Waals surface area (Å²) in [5, 5.41) is 2.18. The highest BCUT2D eigenvalue weighted by Gasteiger charge is 2.59. The van der Waals surface area contributed by atoms with E-state index in [2.05, 4.69) is 5.32 Å². The number of nitrogens with zero attached hydrogens (tertiary/aromatic N) is 1.